The number of nitrogens with one attached hydrogen (secondary N) is 1. The highest BCUT2D eigenvalue weighted by Gasteiger charge is 2.05. The van der Waals surface area contributed by atoms with Crippen LogP contribution in [-0.2, 0) is 0 Å². The Morgan fingerprint density at radius 1 is 1.25 bits per heavy atom. The fourth-order valence-corrected chi connectivity index (χ4v) is 1.89. The number of aryl methyl sites for hydroxylation is 1. The highest BCUT2D eigenvalue weighted by molar-refractivity contribution is 9.10. The standard InChI is InChI=1S/C15H12BrFN2O/c1-10-2-5-12(8-14(10)16)15(20)19-18-9-11-3-6-13(17)7-4-11/h2-9H,1H3,(H,19,20)/b18-9+. The number of carbonyl (C=O) groups is 1. The van der Waals surface area contributed by atoms with Crippen molar-refractivity contribution in [2.24, 2.45) is 5.10 Å². The molecule has 2 rings (SSSR count). The second-order valence-electron chi connectivity index (χ2n) is 4.21. The van der Waals surface area contributed by atoms with Crippen molar-refractivity contribution in [1.29, 1.82) is 0 Å². The molecule has 0 aliphatic heterocycles. The lowest BCUT2D eigenvalue weighted by Crippen LogP contribution is -2.17. The monoisotopic (exact) mass is 334 g/mol. The first-order valence-electron chi connectivity index (χ1n) is 5.91. The Kier molecular flexibility index (Phi) is 4.63. The maximum Gasteiger partial charge on any atom is 0.271 e. The minimum atomic E-state index is -0.310. The quantitative estimate of drug-likeness (QED) is 0.675. The predicted octanol–water partition coefficient (Wildman–Crippen LogP) is 3.66. The normalized spacial score (nSPS) is 10.8. The fraction of sp³-hybridized carbons (Fsp3) is 0.0667. The van der Waals surface area contributed by atoms with Crippen LogP contribution in [0.4, 0.5) is 4.39 Å². The summed E-state index contributed by atoms with van der Waals surface area (Å²) in [4.78, 5) is 11.8. The second-order valence-corrected chi connectivity index (χ2v) is 5.07. The van der Waals surface area contributed by atoms with Gasteiger partial charge >= 0.3 is 0 Å². The summed E-state index contributed by atoms with van der Waals surface area (Å²) in [5, 5.41) is 3.84. The zero-order chi connectivity index (χ0) is 14.5. The molecule has 2 aromatic rings. The van der Waals surface area contributed by atoms with Gasteiger partial charge in [-0.05, 0) is 42.3 Å². The molecule has 0 fully saturated rings. The van der Waals surface area contributed by atoms with Gasteiger partial charge < -0.3 is 0 Å². The first-order chi connectivity index (χ1) is 9.56. The van der Waals surface area contributed by atoms with Crippen molar-refractivity contribution in [1.82, 2.24) is 5.43 Å². The van der Waals surface area contributed by atoms with Gasteiger partial charge in [0.15, 0.2) is 0 Å². The third-order valence-electron chi connectivity index (χ3n) is 2.68. The summed E-state index contributed by atoms with van der Waals surface area (Å²) in [5.74, 6) is -0.611. The van der Waals surface area contributed by atoms with Crippen LogP contribution in [0.1, 0.15) is 21.5 Å². The number of hydrogen-bond donors (Lipinski definition) is 1. The van der Waals surface area contributed by atoms with Crippen molar-refractivity contribution in [3.63, 3.8) is 0 Å². The van der Waals surface area contributed by atoms with Gasteiger partial charge in [-0.25, -0.2) is 9.82 Å². The van der Waals surface area contributed by atoms with E-state index in [0.29, 0.717) is 11.1 Å². The molecule has 0 heterocycles. The molecule has 1 amide bonds. The highest BCUT2D eigenvalue weighted by atomic mass is 79.9. The molecule has 20 heavy (non-hydrogen) atoms. The lowest BCUT2D eigenvalue weighted by molar-refractivity contribution is 0.0955. The molecule has 0 bridgehead atoms. The lowest BCUT2D eigenvalue weighted by Gasteiger charge is -2.02. The highest BCUT2D eigenvalue weighted by Crippen LogP contribution is 2.17. The molecule has 0 saturated carbocycles. The van der Waals surface area contributed by atoms with Crippen molar-refractivity contribution in [3.8, 4) is 0 Å². The van der Waals surface area contributed by atoms with Gasteiger partial charge in [0, 0.05) is 10.0 Å². The molecule has 0 atom stereocenters. The molecule has 0 aliphatic carbocycles. The Bertz CT molecular complexity index is 653. The van der Waals surface area contributed by atoms with Gasteiger partial charge in [0.05, 0.1) is 6.21 Å². The molecule has 0 unspecified atom stereocenters. The minimum Gasteiger partial charge on any atom is -0.267 e. The van der Waals surface area contributed by atoms with Crippen LogP contribution in [0.15, 0.2) is 52.0 Å². The molecule has 5 heteroatoms. The molecular formula is C15H12BrFN2O. The van der Waals surface area contributed by atoms with Crippen LogP contribution < -0.4 is 5.43 Å². The Balaban J connectivity index is 2.01. The van der Waals surface area contributed by atoms with Gasteiger partial charge in [-0.2, -0.15) is 5.10 Å². The van der Waals surface area contributed by atoms with Crippen LogP contribution >= 0.6 is 15.9 Å². The van der Waals surface area contributed by atoms with E-state index in [2.05, 4.69) is 26.5 Å². The molecule has 0 saturated heterocycles. The van der Waals surface area contributed by atoms with Crippen molar-refractivity contribution in [3.05, 3.63) is 69.4 Å². The summed E-state index contributed by atoms with van der Waals surface area (Å²) in [6, 6.07) is 11.1. The van der Waals surface area contributed by atoms with Gasteiger partial charge in [0.2, 0.25) is 0 Å². The summed E-state index contributed by atoms with van der Waals surface area (Å²) in [7, 11) is 0. The Labute approximate surface area is 124 Å². The molecule has 3 nitrogen and oxygen atoms in total. The zero-order valence-electron chi connectivity index (χ0n) is 10.7. The van der Waals surface area contributed by atoms with Gasteiger partial charge in [-0.1, -0.05) is 34.1 Å². The van der Waals surface area contributed by atoms with E-state index in [-0.39, 0.29) is 11.7 Å². The maximum absolute atomic E-state index is 12.7. The summed E-state index contributed by atoms with van der Waals surface area (Å²) in [5.41, 5.74) is 4.69. The van der Waals surface area contributed by atoms with Gasteiger partial charge in [0.25, 0.3) is 5.91 Å². The number of benzene rings is 2. The number of carbonyl (C=O) groups excluding carboxylic acids is 1. The Hall–Kier alpha value is -2.01. The Morgan fingerprint density at radius 3 is 2.60 bits per heavy atom. The van der Waals surface area contributed by atoms with Crippen LogP contribution in [0, 0.1) is 12.7 Å². The SMILES string of the molecule is Cc1ccc(C(=O)N/N=C/c2ccc(F)cc2)cc1Br. The number of halogens is 2. The van der Waals surface area contributed by atoms with E-state index < -0.39 is 0 Å². The molecular weight excluding hydrogens is 323 g/mol. The van der Waals surface area contributed by atoms with Crippen molar-refractivity contribution < 1.29 is 9.18 Å². The lowest BCUT2D eigenvalue weighted by atomic mass is 10.1. The first-order valence-corrected chi connectivity index (χ1v) is 6.70. The van der Waals surface area contributed by atoms with E-state index in [1.54, 1.807) is 24.3 Å². The van der Waals surface area contributed by atoms with Gasteiger partial charge in [-0.3, -0.25) is 4.79 Å². The maximum atomic E-state index is 12.7. The smallest absolute Gasteiger partial charge is 0.267 e. The average molecular weight is 335 g/mol. The van der Waals surface area contributed by atoms with Crippen molar-refractivity contribution in [2.45, 2.75) is 6.92 Å². The average Bonchev–Trinajstić information content (AvgIpc) is 2.44. The van der Waals surface area contributed by atoms with E-state index >= 15 is 0 Å². The minimum absolute atomic E-state index is 0.302. The van der Waals surface area contributed by atoms with Crippen molar-refractivity contribution >= 4 is 28.1 Å². The van der Waals surface area contributed by atoms with E-state index in [9.17, 15) is 9.18 Å². The van der Waals surface area contributed by atoms with E-state index in [1.807, 2.05) is 13.0 Å². The largest absolute Gasteiger partial charge is 0.271 e. The van der Waals surface area contributed by atoms with E-state index in [4.69, 9.17) is 0 Å². The number of rotatable bonds is 3. The first kappa shape index (κ1) is 14.4. The van der Waals surface area contributed by atoms with E-state index in [1.165, 1.54) is 18.3 Å². The van der Waals surface area contributed by atoms with Crippen molar-refractivity contribution in [2.75, 3.05) is 0 Å². The summed E-state index contributed by atoms with van der Waals surface area (Å²) < 4.78 is 13.6. The van der Waals surface area contributed by atoms with Gasteiger partial charge in [0.1, 0.15) is 5.82 Å². The molecule has 0 spiro atoms. The second kappa shape index (κ2) is 6.43. The molecule has 0 aliphatic rings. The van der Waals surface area contributed by atoms with Crippen LogP contribution in [0.2, 0.25) is 0 Å². The number of hydrazone groups is 1. The summed E-state index contributed by atoms with van der Waals surface area (Å²) in [6.45, 7) is 1.94. The van der Waals surface area contributed by atoms with Crippen LogP contribution in [0.3, 0.4) is 0 Å². The number of hydrogen-bond acceptors (Lipinski definition) is 2. The molecule has 0 aromatic heterocycles. The topological polar surface area (TPSA) is 41.5 Å². The molecule has 2 aromatic carbocycles. The van der Waals surface area contributed by atoms with E-state index in [0.717, 1.165) is 10.0 Å². The summed E-state index contributed by atoms with van der Waals surface area (Å²) in [6.07, 6.45) is 1.46. The predicted molar refractivity (Wildman–Crippen MR) is 80.3 cm³/mol. The fourth-order valence-electron chi connectivity index (χ4n) is 1.51. The third kappa shape index (κ3) is 3.74. The zero-order valence-corrected chi connectivity index (χ0v) is 12.3. The summed E-state index contributed by atoms with van der Waals surface area (Å²) >= 11 is 3.37. The number of amides is 1. The third-order valence-corrected chi connectivity index (χ3v) is 3.54. The van der Waals surface area contributed by atoms with Gasteiger partial charge in [-0.15, -0.1) is 0 Å². The van der Waals surface area contributed by atoms with Crippen LogP contribution in [0.5, 0.6) is 0 Å². The van der Waals surface area contributed by atoms with Crippen LogP contribution in [-0.4, -0.2) is 12.1 Å². The molecule has 0 radical (unpaired) electrons. The number of nitrogens with zero attached hydrogens (tertiary/aromatic N) is 1. The molecule has 102 valence electrons. The van der Waals surface area contributed by atoms with Crippen LogP contribution in [0.25, 0.3) is 0 Å². The Morgan fingerprint density at radius 2 is 1.95 bits per heavy atom. The molecule has 1 N–H and O–H groups in total.